The summed E-state index contributed by atoms with van der Waals surface area (Å²) in [5, 5.41) is 0. The summed E-state index contributed by atoms with van der Waals surface area (Å²) in [5.74, 6) is 1.75. The summed E-state index contributed by atoms with van der Waals surface area (Å²) in [6, 6.07) is 17.7. The van der Waals surface area contributed by atoms with Gasteiger partial charge in [-0.2, -0.15) is 0 Å². The van der Waals surface area contributed by atoms with Crippen molar-refractivity contribution in [3.05, 3.63) is 54.6 Å². The Morgan fingerprint density at radius 3 is 2.44 bits per heavy atom. The largest absolute Gasteiger partial charge is 0.484 e. The molecule has 0 atom stereocenters. The monoisotopic (exact) mass is 364 g/mol. The van der Waals surface area contributed by atoms with Crippen LogP contribution in [0.1, 0.15) is 6.92 Å². The normalized spacial score (nSPS) is 14.6. The Bertz CT molecular complexity index is 914. The average molecular weight is 364 g/mol. The van der Waals surface area contributed by atoms with Gasteiger partial charge in [0.25, 0.3) is 5.91 Å². The molecule has 0 N–H and O–H groups in total. The van der Waals surface area contributed by atoms with Gasteiger partial charge in [-0.3, -0.25) is 4.79 Å². The van der Waals surface area contributed by atoms with Crippen LogP contribution < -0.4 is 9.64 Å². The predicted molar refractivity (Wildman–Crippen MR) is 106 cm³/mol. The summed E-state index contributed by atoms with van der Waals surface area (Å²) in [5.41, 5.74) is 2.17. The smallest absolute Gasteiger partial charge is 0.260 e. The number of anilines is 1. The molecule has 1 aliphatic rings. The van der Waals surface area contributed by atoms with Crippen molar-refractivity contribution in [2.75, 3.05) is 37.7 Å². The number of hydrogen-bond donors (Lipinski definition) is 0. The van der Waals surface area contributed by atoms with Crippen LogP contribution in [0, 0.1) is 0 Å². The van der Waals surface area contributed by atoms with Crippen molar-refractivity contribution in [1.82, 2.24) is 14.5 Å². The van der Waals surface area contributed by atoms with Gasteiger partial charge in [-0.05, 0) is 31.2 Å². The maximum Gasteiger partial charge on any atom is 0.260 e. The number of imidazole rings is 1. The van der Waals surface area contributed by atoms with Gasteiger partial charge in [-0.25, -0.2) is 4.98 Å². The fourth-order valence-electron chi connectivity index (χ4n) is 3.52. The summed E-state index contributed by atoms with van der Waals surface area (Å²) in [4.78, 5) is 21.4. The van der Waals surface area contributed by atoms with E-state index in [0.29, 0.717) is 13.1 Å². The molecular weight excluding hydrogens is 340 g/mol. The molecule has 0 spiro atoms. The minimum Gasteiger partial charge on any atom is -0.484 e. The second-order valence-electron chi connectivity index (χ2n) is 6.61. The quantitative estimate of drug-likeness (QED) is 0.699. The highest BCUT2D eigenvalue weighted by Crippen LogP contribution is 2.23. The highest BCUT2D eigenvalue weighted by atomic mass is 16.5. The van der Waals surface area contributed by atoms with Gasteiger partial charge in [-0.15, -0.1) is 0 Å². The van der Waals surface area contributed by atoms with Crippen molar-refractivity contribution in [3.63, 3.8) is 0 Å². The SMILES string of the molecule is CCn1c(N2CCN(C(=O)COc3ccccc3)CC2)nc2ccccc21. The Morgan fingerprint density at radius 1 is 1.00 bits per heavy atom. The van der Waals surface area contributed by atoms with Crippen molar-refractivity contribution >= 4 is 22.9 Å². The molecular formula is C21H24N4O2. The molecule has 0 bridgehead atoms. The Labute approximate surface area is 159 Å². The Morgan fingerprint density at radius 2 is 1.70 bits per heavy atom. The second-order valence-corrected chi connectivity index (χ2v) is 6.61. The number of ether oxygens (including phenoxy) is 1. The van der Waals surface area contributed by atoms with Crippen LogP contribution in [0.25, 0.3) is 11.0 Å². The number of piperazine rings is 1. The standard InChI is InChI=1S/C21H24N4O2/c1-2-25-19-11-7-6-10-18(19)22-21(25)24-14-12-23(13-15-24)20(26)16-27-17-8-4-3-5-9-17/h3-11H,2,12-16H2,1H3. The number of carbonyl (C=O) groups excluding carboxylic acids is 1. The van der Waals surface area contributed by atoms with E-state index in [2.05, 4.69) is 22.5 Å². The summed E-state index contributed by atoms with van der Waals surface area (Å²) >= 11 is 0. The molecule has 1 fully saturated rings. The van der Waals surface area contributed by atoms with Gasteiger partial charge in [0.15, 0.2) is 6.61 Å². The Balaban J connectivity index is 1.38. The van der Waals surface area contributed by atoms with Crippen molar-refractivity contribution in [3.8, 4) is 5.75 Å². The first-order chi connectivity index (χ1) is 13.3. The van der Waals surface area contributed by atoms with Crippen LogP contribution >= 0.6 is 0 Å². The fourth-order valence-corrected chi connectivity index (χ4v) is 3.52. The van der Waals surface area contributed by atoms with E-state index in [1.54, 1.807) is 0 Å². The van der Waals surface area contributed by atoms with E-state index in [-0.39, 0.29) is 12.5 Å². The van der Waals surface area contributed by atoms with E-state index in [1.807, 2.05) is 53.4 Å². The number of hydrogen-bond acceptors (Lipinski definition) is 4. The number of amides is 1. The van der Waals surface area contributed by atoms with Crippen LogP contribution in [0.15, 0.2) is 54.6 Å². The first-order valence-corrected chi connectivity index (χ1v) is 9.42. The van der Waals surface area contributed by atoms with Crippen molar-refractivity contribution in [2.24, 2.45) is 0 Å². The molecule has 140 valence electrons. The first-order valence-electron chi connectivity index (χ1n) is 9.42. The molecule has 6 nitrogen and oxygen atoms in total. The van der Waals surface area contributed by atoms with E-state index in [4.69, 9.17) is 9.72 Å². The molecule has 6 heteroatoms. The van der Waals surface area contributed by atoms with E-state index in [1.165, 1.54) is 0 Å². The number of fused-ring (bicyclic) bond motifs is 1. The number of carbonyl (C=O) groups is 1. The molecule has 2 aromatic carbocycles. The number of benzene rings is 2. The molecule has 4 rings (SSSR count). The molecule has 1 saturated heterocycles. The van der Waals surface area contributed by atoms with E-state index >= 15 is 0 Å². The lowest BCUT2D eigenvalue weighted by atomic mass is 10.3. The summed E-state index contributed by atoms with van der Waals surface area (Å²) in [7, 11) is 0. The van der Waals surface area contributed by atoms with E-state index < -0.39 is 0 Å². The summed E-state index contributed by atoms with van der Waals surface area (Å²) in [6.45, 7) is 6.02. The van der Waals surface area contributed by atoms with Gasteiger partial charge < -0.3 is 19.1 Å². The third kappa shape index (κ3) is 3.60. The zero-order valence-corrected chi connectivity index (χ0v) is 15.5. The molecule has 0 aliphatic carbocycles. The van der Waals surface area contributed by atoms with Gasteiger partial charge in [0.2, 0.25) is 5.95 Å². The topological polar surface area (TPSA) is 50.6 Å². The molecule has 1 aliphatic heterocycles. The van der Waals surface area contributed by atoms with Crippen molar-refractivity contribution in [2.45, 2.75) is 13.5 Å². The molecule has 0 saturated carbocycles. The molecule has 3 aromatic rings. The number of aromatic nitrogens is 2. The first kappa shape index (κ1) is 17.4. The Hall–Kier alpha value is -3.02. The molecule has 27 heavy (non-hydrogen) atoms. The van der Waals surface area contributed by atoms with Crippen LogP contribution in [-0.4, -0.2) is 53.1 Å². The lowest BCUT2D eigenvalue weighted by Crippen LogP contribution is -2.50. The molecule has 0 radical (unpaired) electrons. The van der Waals surface area contributed by atoms with Gasteiger partial charge in [0, 0.05) is 32.7 Å². The van der Waals surface area contributed by atoms with Crippen molar-refractivity contribution < 1.29 is 9.53 Å². The Kier molecular flexibility index (Phi) is 4.96. The number of nitrogens with zero attached hydrogens (tertiary/aromatic N) is 4. The highest BCUT2D eigenvalue weighted by molar-refractivity contribution is 5.79. The lowest BCUT2D eigenvalue weighted by molar-refractivity contribution is -0.133. The maximum atomic E-state index is 12.4. The van der Waals surface area contributed by atoms with Gasteiger partial charge in [0.05, 0.1) is 11.0 Å². The zero-order chi connectivity index (χ0) is 18.6. The van der Waals surface area contributed by atoms with Crippen LogP contribution in [0.4, 0.5) is 5.95 Å². The minimum absolute atomic E-state index is 0.0301. The zero-order valence-electron chi connectivity index (χ0n) is 15.5. The molecule has 2 heterocycles. The molecule has 0 unspecified atom stereocenters. The van der Waals surface area contributed by atoms with E-state index in [9.17, 15) is 4.79 Å². The van der Waals surface area contributed by atoms with Crippen LogP contribution in [0.5, 0.6) is 5.75 Å². The van der Waals surface area contributed by atoms with E-state index in [0.717, 1.165) is 42.4 Å². The second kappa shape index (κ2) is 7.70. The third-order valence-corrected chi connectivity index (χ3v) is 4.97. The van der Waals surface area contributed by atoms with Gasteiger partial charge >= 0.3 is 0 Å². The van der Waals surface area contributed by atoms with Gasteiger partial charge in [0.1, 0.15) is 5.75 Å². The molecule has 1 aromatic heterocycles. The van der Waals surface area contributed by atoms with Crippen LogP contribution in [-0.2, 0) is 11.3 Å². The number of aryl methyl sites for hydroxylation is 1. The fraction of sp³-hybridized carbons (Fsp3) is 0.333. The highest BCUT2D eigenvalue weighted by Gasteiger charge is 2.24. The average Bonchev–Trinajstić information content (AvgIpc) is 3.11. The maximum absolute atomic E-state index is 12.4. The minimum atomic E-state index is 0.0301. The predicted octanol–water partition coefficient (Wildman–Crippen LogP) is 2.78. The summed E-state index contributed by atoms with van der Waals surface area (Å²) in [6.07, 6.45) is 0. The molecule has 1 amide bonds. The van der Waals surface area contributed by atoms with Crippen LogP contribution in [0.3, 0.4) is 0 Å². The summed E-state index contributed by atoms with van der Waals surface area (Å²) < 4.78 is 7.83. The third-order valence-electron chi connectivity index (χ3n) is 4.97. The van der Waals surface area contributed by atoms with Gasteiger partial charge in [-0.1, -0.05) is 30.3 Å². The van der Waals surface area contributed by atoms with Crippen LogP contribution in [0.2, 0.25) is 0 Å². The number of para-hydroxylation sites is 3. The lowest BCUT2D eigenvalue weighted by Gasteiger charge is -2.35. The number of rotatable bonds is 5. The van der Waals surface area contributed by atoms with Crippen molar-refractivity contribution in [1.29, 1.82) is 0 Å².